The summed E-state index contributed by atoms with van der Waals surface area (Å²) in [6, 6.07) is 0. The van der Waals surface area contributed by atoms with Crippen LogP contribution in [0, 0.1) is 0 Å². The van der Waals surface area contributed by atoms with Crippen LogP contribution in [0.1, 0.15) is 0 Å². The molecule has 0 saturated carbocycles. The van der Waals surface area contributed by atoms with E-state index in [0.717, 1.165) is 0 Å². The van der Waals surface area contributed by atoms with Crippen LogP contribution >= 0.6 is 15.9 Å². The van der Waals surface area contributed by atoms with Crippen molar-refractivity contribution in [1.29, 1.82) is 0 Å². The fraction of sp³-hybridized carbons (Fsp3) is 1.00. The van der Waals surface area contributed by atoms with E-state index in [1.54, 1.807) is 0 Å². The third-order valence-electron chi connectivity index (χ3n) is 0.646. The Kier molecular flexibility index (Phi) is 1.10. The number of nitrogens with one attached hydrogen (secondary N) is 2. The van der Waals surface area contributed by atoms with Crippen LogP contribution in [0.3, 0.4) is 0 Å². The molecule has 1 saturated heterocycles. The Hall–Kier alpha value is 0.360. The zero-order valence-corrected chi connectivity index (χ0v) is 4.57. The predicted octanol–water partition coefficient (Wildman–Crippen LogP) is -0.866. The third kappa shape index (κ3) is 0.562. The van der Waals surface area contributed by atoms with Crippen LogP contribution in [-0.2, 0) is 0 Å². The van der Waals surface area contributed by atoms with E-state index in [9.17, 15) is 0 Å². The van der Waals surface area contributed by atoms with Crippen LogP contribution in [0.4, 0.5) is 0 Å². The summed E-state index contributed by atoms with van der Waals surface area (Å²) in [4.78, 5) is 0.0394. The first-order chi connectivity index (χ1) is 2.80. The largest absolute Gasteiger partial charge is 0.375 e. The second kappa shape index (κ2) is 1.46. The lowest BCUT2D eigenvalue weighted by Gasteiger charge is -2.29. The van der Waals surface area contributed by atoms with E-state index in [1.165, 1.54) is 0 Å². The molecule has 0 aromatic rings. The summed E-state index contributed by atoms with van der Waals surface area (Å²) in [5, 5.41) is 8.50. The molecule has 36 valence electrons. The van der Waals surface area contributed by atoms with E-state index in [-0.39, 0.29) is 4.95 Å². The summed E-state index contributed by atoms with van der Waals surface area (Å²) in [5.74, 6) is 0. The highest BCUT2D eigenvalue weighted by molar-refractivity contribution is 9.09. The first-order valence-electron chi connectivity index (χ1n) is 1.64. The zero-order chi connectivity index (χ0) is 4.57. The molecule has 0 aliphatic carbocycles. The monoisotopic (exact) mass is 152 g/mol. The predicted molar refractivity (Wildman–Crippen MR) is 25.0 cm³/mol. The molecule has 1 unspecified atom stereocenters. The van der Waals surface area contributed by atoms with Gasteiger partial charge in [-0.25, -0.2) is 10.9 Å². The number of hydrazine groups is 1. The Bertz CT molecular complexity index is 51.5. The van der Waals surface area contributed by atoms with Gasteiger partial charge in [-0.2, -0.15) is 0 Å². The number of aliphatic hydroxyl groups is 1. The van der Waals surface area contributed by atoms with Crippen molar-refractivity contribution in [2.45, 2.75) is 11.2 Å². The molecular weight excluding hydrogens is 148 g/mol. The van der Waals surface area contributed by atoms with Gasteiger partial charge in [0.25, 0.3) is 0 Å². The van der Waals surface area contributed by atoms with Crippen LogP contribution in [-0.4, -0.2) is 16.3 Å². The summed E-state index contributed by atoms with van der Waals surface area (Å²) in [6.45, 7) is 0. The van der Waals surface area contributed by atoms with Crippen molar-refractivity contribution in [3.8, 4) is 0 Å². The summed E-state index contributed by atoms with van der Waals surface area (Å²) >= 11 is 3.10. The lowest BCUT2D eigenvalue weighted by molar-refractivity contribution is 0.0370. The quantitative estimate of drug-likeness (QED) is 0.313. The van der Waals surface area contributed by atoms with Gasteiger partial charge in [0.15, 0.2) is 0 Å². The zero-order valence-electron chi connectivity index (χ0n) is 2.98. The van der Waals surface area contributed by atoms with E-state index < -0.39 is 6.23 Å². The van der Waals surface area contributed by atoms with Gasteiger partial charge in [0.1, 0.15) is 11.2 Å². The Morgan fingerprint density at radius 3 is 2.00 bits per heavy atom. The fourth-order valence-corrected chi connectivity index (χ4v) is 0.485. The highest BCUT2D eigenvalue weighted by atomic mass is 79.9. The van der Waals surface area contributed by atoms with Gasteiger partial charge in [-0.05, 0) is 0 Å². The molecule has 4 heteroatoms. The molecule has 2 atom stereocenters. The maximum atomic E-state index is 8.50. The van der Waals surface area contributed by atoms with Gasteiger partial charge in [0.2, 0.25) is 0 Å². The Morgan fingerprint density at radius 1 is 1.50 bits per heavy atom. The van der Waals surface area contributed by atoms with Gasteiger partial charge >= 0.3 is 0 Å². The van der Waals surface area contributed by atoms with Gasteiger partial charge < -0.3 is 5.11 Å². The minimum Gasteiger partial charge on any atom is -0.375 e. The number of rotatable bonds is 0. The van der Waals surface area contributed by atoms with Crippen LogP contribution in [0.15, 0.2) is 0 Å². The second-order valence-electron chi connectivity index (χ2n) is 1.14. The molecule has 0 bridgehead atoms. The third-order valence-corrected chi connectivity index (χ3v) is 1.38. The maximum Gasteiger partial charge on any atom is 0.143 e. The Labute approximate surface area is 43.8 Å². The maximum absolute atomic E-state index is 8.50. The second-order valence-corrected chi connectivity index (χ2v) is 2.12. The molecule has 1 fully saturated rings. The normalized spacial score (nSPS) is 45.0. The molecule has 1 aliphatic rings. The van der Waals surface area contributed by atoms with Gasteiger partial charge in [-0.1, -0.05) is 15.9 Å². The van der Waals surface area contributed by atoms with Crippen LogP contribution < -0.4 is 10.9 Å². The molecule has 0 radical (unpaired) electrons. The van der Waals surface area contributed by atoms with E-state index in [4.69, 9.17) is 5.11 Å². The van der Waals surface area contributed by atoms with E-state index in [0.29, 0.717) is 0 Å². The standard InChI is InChI=1S/C2H5BrN2O/c3-1-2(6)5-4-1/h1-2,4-6H/t1?,2-/m0/s1. The molecule has 6 heavy (non-hydrogen) atoms. The number of alkyl halides is 1. The topological polar surface area (TPSA) is 44.3 Å². The van der Waals surface area contributed by atoms with Gasteiger partial charge in [-0.15, -0.1) is 0 Å². The molecule has 0 amide bonds. The summed E-state index contributed by atoms with van der Waals surface area (Å²) in [6.07, 6.45) is -0.412. The lowest BCUT2D eigenvalue weighted by Crippen LogP contribution is -2.64. The molecule has 1 aliphatic heterocycles. The minimum absolute atomic E-state index is 0.0394. The first-order valence-corrected chi connectivity index (χ1v) is 2.55. The molecule has 1 rings (SSSR count). The van der Waals surface area contributed by atoms with Crippen molar-refractivity contribution in [2.24, 2.45) is 0 Å². The highest BCUT2D eigenvalue weighted by Crippen LogP contribution is 2.03. The Balaban J connectivity index is 2.20. The van der Waals surface area contributed by atoms with Crippen LogP contribution in [0.2, 0.25) is 0 Å². The summed E-state index contributed by atoms with van der Waals surface area (Å²) in [5.41, 5.74) is 5.19. The minimum atomic E-state index is -0.412. The smallest absolute Gasteiger partial charge is 0.143 e. The van der Waals surface area contributed by atoms with Gasteiger partial charge in [0.05, 0.1) is 0 Å². The molecule has 3 N–H and O–H groups in total. The van der Waals surface area contributed by atoms with Crippen molar-refractivity contribution < 1.29 is 5.11 Å². The first kappa shape index (κ1) is 4.52. The molecule has 1 heterocycles. The summed E-state index contributed by atoms with van der Waals surface area (Å²) < 4.78 is 0. The molecule has 0 spiro atoms. The van der Waals surface area contributed by atoms with Gasteiger partial charge in [-0.3, -0.25) is 0 Å². The van der Waals surface area contributed by atoms with Crippen molar-refractivity contribution >= 4 is 15.9 Å². The lowest BCUT2D eigenvalue weighted by atomic mass is 10.5. The van der Waals surface area contributed by atoms with Crippen LogP contribution in [0.25, 0.3) is 0 Å². The fourth-order valence-electron chi connectivity index (χ4n) is 0.221. The number of aliphatic hydroxyl groups excluding tert-OH is 1. The highest BCUT2D eigenvalue weighted by Gasteiger charge is 2.23. The van der Waals surface area contributed by atoms with Gasteiger partial charge in [0, 0.05) is 0 Å². The molecule has 0 aromatic carbocycles. The number of hydrogen-bond donors (Lipinski definition) is 3. The van der Waals surface area contributed by atoms with Crippen LogP contribution in [0.5, 0.6) is 0 Å². The average molecular weight is 153 g/mol. The number of halogens is 1. The van der Waals surface area contributed by atoms with Crippen molar-refractivity contribution in [2.75, 3.05) is 0 Å². The SMILES string of the molecule is O[C@@H]1NNC1Br. The molecule has 0 aromatic heterocycles. The van der Waals surface area contributed by atoms with Crippen molar-refractivity contribution in [1.82, 2.24) is 10.9 Å². The van der Waals surface area contributed by atoms with Crippen molar-refractivity contribution in [3.63, 3.8) is 0 Å². The number of hydrogen-bond acceptors (Lipinski definition) is 3. The summed E-state index contributed by atoms with van der Waals surface area (Å²) in [7, 11) is 0. The average Bonchev–Trinajstić information content (AvgIpc) is 1.61. The van der Waals surface area contributed by atoms with E-state index in [2.05, 4.69) is 26.8 Å². The Morgan fingerprint density at radius 2 is 2.00 bits per heavy atom. The van der Waals surface area contributed by atoms with E-state index in [1.807, 2.05) is 0 Å². The van der Waals surface area contributed by atoms with E-state index >= 15 is 0 Å². The molecule has 3 nitrogen and oxygen atoms in total. The van der Waals surface area contributed by atoms with Crippen molar-refractivity contribution in [3.05, 3.63) is 0 Å². The molecular formula is C2H5BrN2O.